The monoisotopic (exact) mass is 243 g/mol. The van der Waals surface area contributed by atoms with Crippen LogP contribution in [0.25, 0.3) is 0 Å². The van der Waals surface area contributed by atoms with Gasteiger partial charge in [-0.05, 0) is 25.1 Å². The van der Waals surface area contributed by atoms with Crippen molar-refractivity contribution in [1.82, 2.24) is 0 Å². The molecule has 1 aromatic carbocycles. The zero-order chi connectivity index (χ0) is 12.1. The zero-order valence-electron chi connectivity index (χ0n) is 8.63. The molecule has 1 rings (SSSR count). The van der Waals surface area contributed by atoms with E-state index in [1.165, 1.54) is 31.2 Å². The van der Waals surface area contributed by atoms with E-state index in [4.69, 9.17) is 16.7 Å². The summed E-state index contributed by atoms with van der Waals surface area (Å²) >= 11 is 5.69. The van der Waals surface area contributed by atoms with E-state index in [2.05, 4.69) is 5.32 Å². The van der Waals surface area contributed by atoms with E-state index < -0.39 is 11.8 Å². The van der Waals surface area contributed by atoms with E-state index in [1.54, 1.807) is 0 Å². The fourth-order valence-electron chi connectivity index (χ4n) is 1.03. The molecular formula is C11H11ClFNO2. The van der Waals surface area contributed by atoms with Gasteiger partial charge in [-0.15, -0.1) is 0 Å². The van der Waals surface area contributed by atoms with Crippen LogP contribution in [0.3, 0.4) is 0 Å². The van der Waals surface area contributed by atoms with Gasteiger partial charge in [0.05, 0.1) is 5.69 Å². The van der Waals surface area contributed by atoms with Crippen molar-refractivity contribution in [3.8, 4) is 0 Å². The Morgan fingerprint density at radius 1 is 1.62 bits per heavy atom. The standard InChI is InChI=1S/C11H11ClFNO2/c1-7(11(15)16)4-5-14-10-6-8(12)2-3-9(10)13/h2-4,6,14H,5H2,1H3,(H,15,16)/b7-4-. The number of carboxylic acid groups (broad SMARTS) is 1. The number of halogens is 2. The highest BCUT2D eigenvalue weighted by Crippen LogP contribution is 2.19. The largest absolute Gasteiger partial charge is 0.478 e. The number of hydrogen-bond acceptors (Lipinski definition) is 2. The molecule has 0 aromatic heterocycles. The average Bonchev–Trinajstić information content (AvgIpc) is 2.22. The zero-order valence-corrected chi connectivity index (χ0v) is 9.38. The molecule has 0 saturated carbocycles. The average molecular weight is 244 g/mol. The number of hydrogen-bond donors (Lipinski definition) is 2. The third-order valence-electron chi connectivity index (χ3n) is 1.97. The molecule has 86 valence electrons. The van der Waals surface area contributed by atoms with Gasteiger partial charge in [-0.1, -0.05) is 17.7 Å². The summed E-state index contributed by atoms with van der Waals surface area (Å²) in [6.07, 6.45) is 1.46. The molecule has 0 heterocycles. The van der Waals surface area contributed by atoms with Gasteiger partial charge < -0.3 is 10.4 Å². The Balaban J connectivity index is 2.65. The predicted molar refractivity (Wildman–Crippen MR) is 61.3 cm³/mol. The lowest BCUT2D eigenvalue weighted by atomic mass is 10.2. The van der Waals surface area contributed by atoms with E-state index in [0.717, 1.165) is 0 Å². The van der Waals surface area contributed by atoms with Crippen molar-refractivity contribution < 1.29 is 14.3 Å². The number of nitrogens with one attached hydrogen (secondary N) is 1. The highest BCUT2D eigenvalue weighted by atomic mass is 35.5. The molecule has 5 heteroatoms. The molecule has 0 aliphatic carbocycles. The van der Waals surface area contributed by atoms with Crippen LogP contribution in [-0.2, 0) is 4.79 Å². The second kappa shape index (κ2) is 5.51. The Hall–Kier alpha value is -1.55. The van der Waals surface area contributed by atoms with Crippen LogP contribution >= 0.6 is 11.6 Å². The Kier molecular flexibility index (Phi) is 4.31. The number of anilines is 1. The van der Waals surface area contributed by atoms with Crippen LogP contribution in [0.5, 0.6) is 0 Å². The first-order valence-corrected chi connectivity index (χ1v) is 4.97. The van der Waals surface area contributed by atoms with Crippen molar-refractivity contribution >= 4 is 23.3 Å². The summed E-state index contributed by atoms with van der Waals surface area (Å²) in [6, 6.07) is 4.14. The lowest BCUT2D eigenvalue weighted by Gasteiger charge is -2.05. The minimum Gasteiger partial charge on any atom is -0.478 e. The van der Waals surface area contributed by atoms with Crippen molar-refractivity contribution in [3.63, 3.8) is 0 Å². The third kappa shape index (κ3) is 3.55. The van der Waals surface area contributed by atoms with Crippen molar-refractivity contribution in [3.05, 3.63) is 40.7 Å². The Labute approximate surface area is 97.5 Å². The van der Waals surface area contributed by atoms with Gasteiger partial charge in [0.15, 0.2) is 0 Å². The molecule has 16 heavy (non-hydrogen) atoms. The molecule has 0 atom stereocenters. The smallest absolute Gasteiger partial charge is 0.331 e. The van der Waals surface area contributed by atoms with Crippen molar-refractivity contribution in [1.29, 1.82) is 0 Å². The maximum atomic E-state index is 13.2. The number of aliphatic carboxylic acids is 1. The van der Waals surface area contributed by atoms with E-state index in [9.17, 15) is 9.18 Å². The fourth-order valence-corrected chi connectivity index (χ4v) is 1.21. The summed E-state index contributed by atoms with van der Waals surface area (Å²) in [5, 5.41) is 11.7. The van der Waals surface area contributed by atoms with Gasteiger partial charge in [-0.2, -0.15) is 0 Å². The Bertz CT molecular complexity index is 432. The van der Waals surface area contributed by atoms with Gasteiger partial charge in [0, 0.05) is 17.1 Å². The van der Waals surface area contributed by atoms with Crippen LogP contribution in [0.4, 0.5) is 10.1 Å². The fraction of sp³-hybridized carbons (Fsp3) is 0.182. The molecule has 2 N–H and O–H groups in total. The molecule has 0 spiro atoms. The summed E-state index contributed by atoms with van der Waals surface area (Å²) in [4.78, 5) is 10.5. The first-order valence-electron chi connectivity index (χ1n) is 4.59. The van der Waals surface area contributed by atoms with E-state index in [0.29, 0.717) is 5.02 Å². The van der Waals surface area contributed by atoms with E-state index in [-0.39, 0.29) is 17.8 Å². The maximum absolute atomic E-state index is 13.2. The number of rotatable bonds is 4. The topological polar surface area (TPSA) is 49.3 Å². The summed E-state index contributed by atoms with van der Waals surface area (Å²) < 4.78 is 13.2. The number of benzene rings is 1. The molecule has 0 saturated heterocycles. The minimum atomic E-state index is -0.992. The first-order chi connectivity index (χ1) is 7.50. The molecule has 3 nitrogen and oxygen atoms in total. The molecular weight excluding hydrogens is 233 g/mol. The number of carbonyl (C=O) groups is 1. The summed E-state index contributed by atoms with van der Waals surface area (Å²) in [6.45, 7) is 1.70. The van der Waals surface area contributed by atoms with Crippen LogP contribution < -0.4 is 5.32 Å². The van der Waals surface area contributed by atoms with E-state index >= 15 is 0 Å². The minimum absolute atomic E-state index is 0.204. The highest BCUT2D eigenvalue weighted by molar-refractivity contribution is 6.30. The second-order valence-corrected chi connectivity index (χ2v) is 3.63. The lowest BCUT2D eigenvalue weighted by Crippen LogP contribution is -2.04. The molecule has 0 aliphatic heterocycles. The summed E-state index contributed by atoms with van der Waals surface area (Å²) in [5.74, 6) is -1.42. The number of carboxylic acids is 1. The van der Waals surface area contributed by atoms with Crippen LogP contribution in [0.1, 0.15) is 6.92 Å². The van der Waals surface area contributed by atoms with Crippen molar-refractivity contribution in [2.75, 3.05) is 11.9 Å². The van der Waals surface area contributed by atoms with Crippen LogP contribution in [0.2, 0.25) is 5.02 Å². The highest BCUT2D eigenvalue weighted by Gasteiger charge is 2.02. The van der Waals surface area contributed by atoms with Crippen LogP contribution in [-0.4, -0.2) is 17.6 Å². The quantitative estimate of drug-likeness (QED) is 0.800. The van der Waals surface area contributed by atoms with Crippen molar-refractivity contribution in [2.45, 2.75) is 6.92 Å². The predicted octanol–water partition coefficient (Wildman–Crippen LogP) is 2.92. The van der Waals surface area contributed by atoms with Gasteiger partial charge in [0.1, 0.15) is 5.82 Å². The molecule has 0 bridgehead atoms. The maximum Gasteiger partial charge on any atom is 0.331 e. The third-order valence-corrected chi connectivity index (χ3v) is 2.20. The second-order valence-electron chi connectivity index (χ2n) is 3.20. The SMILES string of the molecule is C/C(=C/CNc1cc(Cl)ccc1F)C(=O)O. The molecule has 0 radical (unpaired) electrons. The van der Waals surface area contributed by atoms with Gasteiger partial charge >= 0.3 is 5.97 Å². The first kappa shape index (κ1) is 12.5. The van der Waals surface area contributed by atoms with Gasteiger partial charge in [-0.3, -0.25) is 0 Å². The summed E-state index contributed by atoms with van der Waals surface area (Å²) in [7, 11) is 0. The molecule has 0 amide bonds. The van der Waals surface area contributed by atoms with Crippen molar-refractivity contribution in [2.24, 2.45) is 0 Å². The lowest BCUT2D eigenvalue weighted by molar-refractivity contribution is -0.132. The Morgan fingerprint density at radius 3 is 2.94 bits per heavy atom. The van der Waals surface area contributed by atoms with E-state index in [1.807, 2.05) is 0 Å². The molecule has 0 aliphatic rings. The normalized spacial score (nSPS) is 11.3. The molecule has 0 fully saturated rings. The molecule has 0 unspecified atom stereocenters. The molecule has 1 aromatic rings. The van der Waals surface area contributed by atoms with Crippen LogP contribution in [0.15, 0.2) is 29.8 Å². The summed E-state index contributed by atoms with van der Waals surface area (Å²) in [5.41, 5.74) is 0.455. The van der Waals surface area contributed by atoms with Gasteiger partial charge in [-0.25, -0.2) is 9.18 Å². The Morgan fingerprint density at radius 2 is 2.31 bits per heavy atom. The van der Waals surface area contributed by atoms with Gasteiger partial charge in [0.2, 0.25) is 0 Å². The van der Waals surface area contributed by atoms with Gasteiger partial charge in [0.25, 0.3) is 0 Å². The van der Waals surface area contributed by atoms with Crippen LogP contribution in [0, 0.1) is 5.82 Å².